The van der Waals surface area contributed by atoms with E-state index < -0.39 is 6.04 Å². The molecule has 4 heteroatoms. The van der Waals surface area contributed by atoms with E-state index in [9.17, 15) is 4.79 Å². The molecular weight excluding hydrogens is 300 g/mol. The van der Waals surface area contributed by atoms with E-state index in [2.05, 4.69) is 6.58 Å². The van der Waals surface area contributed by atoms with Crippen molar-refractivity contribution in [2.24, 2.45) is 5.73 Å². The van der Waals surface area contributed by atoms with Gasteiger partial charge in [-0.2, -0.15) is 0 Å². The van der Waals surface area contributed by atoms with E-state index in [1.54, 1.807) is 18.1 Å². The summed E-state index contributed by atoms with van der Waals surface area (Å²) in [7, 11) is 1.63. The second kappa shape index (κ2) is 8.89. The van der Waals surface area contributed by atoms with Gasteiger partial charge in [-0.05, 0) is 29.7 Å². The predicted octanol–water partition coefficient (Wildman–Crippen LogP) is 2.78. The third-order valence-corrected chi connectivity index (χ3v) is 3.78. The van der Waals surface area contributed by atoms with E-state index in [1.807, 2.05) is 54.6 Å². The van der Waals surface area contributed by atoms with Gasteiger partial charge in [0, 0.05) is 13.1 Å². The summed E-state index contributed by atoms with van der Waals surface area (Å²) in [6.07, 6.45) is 2.23. The van der Waals surface area contributed by atoms with Crippen LogP contribution >= 0.6 is 0 Å². The highest BCUT2D eigenvalue weighted by Crippen LogP contribution is 2.15. The lowest BCUT2D eigenvalue weighted by Crippen LogP contribution is -2.44. The van der Waals surface area contributed by atoms with E-state index in [-0.39, 0.29) is 5.91 Å². The lowest BCUT2D eigenvalue weighted by Gasteiger charge is -2.25. The number of benzene rings is 2. The molecule has 0 aliphatic heterocycles. The zero-order chi connectivity index (χ0) is 17.4. The number of nitrogens with two attached hydrogens (primary N) is 1. The molecule has 0 saturated carbocycles. The first-order chi connectivity index (χ1) is 11.6. The summed E-state index contributed by atoms with van der Waals surface area (Å²) in [5, 5.41) is 0. The minimum atomic E-state index is -0.571. The van der Waals surface area contributed by atoms with Gasteiger partial charge in [0.25, 0.3) is 0 Å². The van der Waals surface area contributed by atoms with Gasteiger partial charge in [-0.1, -0.05) is 48.5 Å². The van der Waals surface area contributed by atoms with Crippen LogP contribution < -0.4 is 10.5 Å². The molecule has 2 N–H and O–H groups in total. The summed E-state index contributed by atoms with van der Waals surface area (Å²) in [6, 6.07) is 16.9. The molecule has 0 saturated heterocycles. The van der Waals surface area contributed by atoms with Crippen molar-refractivity contribution in [2.75, 3.05) is 13.7 Å². The minimum Gasteiger partial charge on any atom is -0.497 e. The predicted molar refractivity (Wildman–Crippen MR) is 96.7 cm³/mol. The number of hydrogen-bond acceptors (Lipinski definition) is 3. The number of ether oxygens (including phenoxy) is 1. The van der Waals surface area contributed by atoms with Crippen LogP contribution in [0.2, 0.25) is 0 Å². The molecule has 0 aliphatic rings. The van der Waals surface area contributed by atoms with Crippen molar-refractivity contribution >= 4 is 5.91 Å². The molecule has 0 bridgehead atoms. The standard InChI is InChI=1S/C20H24N2O2/c1-3-12-22(15-17-10-7-11-18(13-17)24-2)20(23)19(21)14-16-8-5-4-6-9-16/h3-11,13,19H,1,12,14-15,21H2,2H3/t19-/m1/s1. The quantitative estimate of drug-likeness (QED) is 0.760. The van der Waals surface area contributed by atoms with Gasteiger partial charge < -0.3 is 15.4 Å². The molecule has 2 rings (SSSR count). The summed E-state index contributed by atoms with van der Waals surface area (Å²) in [4.78, 5) is 14.4. The summed E-state index contributed by atoms with van der Waals surface area (Å²) >= 11 is 0. The van der Waals surface area contributed by atoms with Crippen LogP contribution in [-0.4, -0.2) is 30.5 Å². The van der Waals surface area contributed by atoms with Gasteiger partial charge >= 0.3 is 0 Å². The van der Waals surface area contributed by atoms with Gasteiger partial charge in [0.15, 0.2) is 0 Å². The van der Waals surface area contributed by atoms with Crippen molar-refractivity contribution in [3.8, 4) is 5.75 Å². The number of rotatable bonds is 8. The highest BCUT2D eigenvalue weighted by atomic mass is 16.5. The number of carbonyl (C=O) groups excluding carboxylic acids is 1. The van der Waals surface area contributed by atoms with Crippen LogP contribution in [0, 0.1) is 0 Å². The summed E-state index contributed by atoms with van der Waals surface area (Å²) in [5.74, 6) is 0.689. The second-order valence-electron chi connectivity index (χ2n) is 5.66. The van der Waals surface area contributed by atoms with Crippen molar-refractivity contribution in [1.29, 1.82) is 0 Å². The Kier molecular flexibility index (Phi) is 6.58. The van der Waals surface area contributed by atoms with Crippen LogP contribution in [0.15, 0.2) is 67.3 Å². The third kappa shape index (κ3) is 4.96. The fourth-order valence-corrected chi connectivity index (χ4v) is 2.57. The second-order valence-corrected chi connectivity index (χ2v) is 5.66. The number of amides is 1. The highest BCUT2D eigenvalue weighted by molar-refractivity contribution is 5.82. The molecule has 4 nitrogen and oxygen atoms in total. The van der Waals surface area contributed by atoms with Gasteiger partial charge in [0.2, 0.25) is 5.91 Å². The lowest BCUT2D eigenvalue weighted by molar-refractivity contribution is -0.132. The zero-order valence-corrected chi connectivity index (χ0v) is 14.0. The SMILES string of the molecule is C=CCN(Cc1cccc(OC)c1)C(=O)[C@H](N)Cc1ccccc1. The van der Waals surface area contributed by atoms with Gasteiger partial charge in [-0.3, -0.25) is 4.79 Å². The van der Waals surface area contributed by atoms with Gasteiger partial charge in [0.05, 0.1) is 13.2 Å². The van der Waals surface area contributed by atoms with Crippen LogP contribution in [0.4, 0.5) is 0 Å². The van der Waals surface area contributed by atoms with Crippen molar-refractivity contribution in [2.45, 2.75) is 19.0 Å². The topological polar surface area (TPSA) is 55.6 Å². The number of methoxy groups -OCH3 is 1. The largest absolute Gasteiger partial charge is 0.497 e. The maximum atomic E-state index is 12.7. The average Bonchev–Trinajstić information content (AvgIpc) is 2.61. The van der Waals surface area contributed by atoms with Gasteiger partial charge in [-0.25, -0.2) is 0 Å². The molecule has 0 aromatic heterocycles. The van der Waals surface area contributed by atoms with E-state index in [0.29, 0.717) is 19.5 Å². The first-order valence-electron chi connectivity index (χ1n) is 7.96. The van der Waals surface area contributed by atoms with E-state index in [4.69, 9.17) is 10.5 Å². The Bertz CT molecular complexity index is 670. The number of carbonyl (C=O) groups is 1. The molecule has 1 amide bonds. The molecule has 0 spiro atoms. The van der Waals surface area contributed by atoms with E-state index >= 15 is 0 Å². The Balaban J connectivity index is 2.07. The smallest absolute Gasteiger partial charge is 0.240 e. The third-order valence-electron chi connectivity index (χ3n) is 3.78. The minimum absolute atomic E-state index is 0.0819. The van der Waals surface area contributed by atoms with Gasteiger partial charge in [-0.15, -0.1) is 6.58 Å². The van der Waals surface area contributed by atoms with Crippen LogP contribution in [0.3, 0.4) is 0 Å². The Morgan fingerprint density at radius 1 is 1.21 bits per heavy atom. The van der Waals surface area contributed by atoms with Crippen molar-refractivity contribution < 1.29 is 9.53 Å². The molecule has 0 unspecified atom stereocenters. The van der Waals surface area contributed by atoms with Gasteiger partial charge in [0.1, 0.15) is 5.75 Å². The summed E-state index contributed by atoms with van der Waals surface area (Å²) in [6.45, 7) is 4.68. The zero-order valence-electron chi connectivity index (χ0n) is 14.0. The molecule has 2 aromatic carbocycles. The Morgan fingerprint density at radius 2 is 1.92 bits per heavy atom. The Labute approximate surface area is 143 Å². The van der Waals surface area contributed by atoms with E-state index in [1.165, 1.54) is 0 Å². The van der Waals surface area contributed by atoms with Crippen molar-refractivity contribution in [1.82, 2.24) is 4.90 Å². The molecule has 0 fully saturated rings. The number of nitrogens with zero attached hydrogens (tertiary/aromatic N) is 1. The first-order valence-corrected chi connectivity index (χ1v) is 7.96. The fourth-order valence-electron chi connectivity index (χ4n) is 2.57. The number of hydrogen-bond donors (Lipinski definition) is 1. The molecule has 0 radical (unpaired) electrons. The van der Waals surface area contributed by atoms with Crippen LogP contribution in [0.25, 0.3) is 0 Å². The van der Waals surface area contributed by atoms with Crippen LogP contribution in [0.1, 0.15) is 11.1 Å². The molecule has 126 valence electrons. The van der Waals surface area contributed by atoms with Crippen LogP contribution in [-0.2, 0) is 17.8 Å². The summed E-state index contributed by atoms with van der Waals surface area (Å²) in [5.41, 5.74) is 8.19. The highest BCUT2D eigenvalue weighted by Gasteiger charge is 2.20. The Morgan fingerprint density at radius 3 is 2.58 bits per heavy atom. The fraction of sp³-hybridized carbons (Fsp3) is 0.250. The molecule has 0 heterocycles. The maximum absolute atomic E-state index is 12.7. The van der Waals surface area contributed by atoms with Crippen molar-refractivity contribution in [3.05, 3.63) is 78.4 Å². The Hall–Kier alpha value is -2.59. The molecular formula is C20H24N2O2. The lowest BCUT2D eigenvalue weighted by atomic mass is 10.1. The first kappa shape index (κ1) is 17.8. The molecule has 24 heavy (non-hydrogen) atoms. The average molecular weight is 324 g/mol. The normalized spacial score (nSPS) is 11.6. The molecule has 0 aliphatic carbocycles. The monoisotopic (exact) mass is 324 g/mol. The van der Waals surface area contributed by atoms with Crippen LogP contribution in [0.5, 0.6) is 5.75 Å². The molecule has 1 atom stereocenters. The maximum Gasteiger partial charge on any atom is 0.240 e. The van der Waals surface area contributed by atoms with E-state index in [0.717, 1.165) is 16.9 Å². The van der Waals surface area contributed by atoms with Crippen molar-refractivity contribution in [3.63, 3.8) is 0 Å². The molecule has 2 aromatic rings. The summed E-state index contributed by atoms with van der Waals surface area (Å²) < 4.78 is 5.24.